The third-order valence-corrected chi connectivity index (χ3v) is 14.4. The highest BCUT2D eigenvalue weighted by molar-refractivity contribution is 7.27. The van der Waals surface area contributed by atoms with Crippen molar-refractivity contribution in [1.82, 2.24) is 4.57 Å². The zero-order valence-corrected chi connectivity index (χ0v) is 36.2. The van der Waals surface area contributed by atoms with Gasteiger partial charge in [-0.25, -0.2) is 0 Å². The van der Waals surface area contributed by atoms with Crippen molar-refractivity contribution >= 4 is 87.4 Å². The van der Waals surface area contributed by atoms with E-state index in [9.17, 15) is 0 Å². The Labute approximate surface area is 384 Å². The number of fused-ring (bicyclic) bond motifs is 11. The lowest BCUT2D eigenvalue weighted by molar-refractivity contribution is 0.477. The van der Waals surface area contributed by atoms with Gasteiger partial charge in [0, 0.05) is 53.6 Å². The van der Waals surface area contributed by atoms with Gasteiger partial charge in [0.1, 0.15) is 0 Å². The molecular formula is C60H37N3O2S. The second-order valence-electron chi connectivity index (χ2n) is 16.8. The first-order valence-electron chi connectivity index (χ1n) is 22.2. The Bertz CT molecular complexity index is 3830. The van der Waals surface area contributed by atoms with Crippen LogP contribution in [0, 0.1) is 0 Å². The number of ether oxygens (including phenoxy) is 2. The summed E-state index contributed by atoms with van der Waals surface area (Å²) < 4.78 is 17.8. The molecule has 6 heteroatoms. The van der Waals surface area contributed by atoms with Crippen LogP contribution in [0.4, 0.5) is 34.1 Å². The molecular weight excluding hydrogens is 827 g/mol. The molecule has 0 unspecified atom stereocenters. The molecule has 0 saturated heterocycles. The molecule has 0 fully saturated rings. The molecule has 2 aliphatic heterocycles. The second kappa shape index (κ2) is 14.5. The van der Waals surface area contributed by atoms with Crippen molar-refractivity contribution in [3.8, 4) is 50.9 Å². The van der Waals surface area contributed by atoms with E-state index in [2.05, 4.69) is 190 Å². The average molecular weight is 864 g/mol. The molecule has 310 valence electrons. The minimum Gasteiger partial charge on any atom is -0.453 e. The minimum absolute atomic E-state index is 0.835. The molecule has 0 aliphatic carbocycles. The van der Waals surface area contributed by atoms with Crippen molar-refractivity contribution in [2.75, 3.05) is 9.80 Å². The van der Waals surface area contributed by atoms with Crippen LogP contribution in [0.3, 0.4) is 0 Å². The summed E-state index contributed by atoms with van der Waals surface area (Å²) in [5, 5.41) is 4.94. The summed E-state index contributed by atoms with van der Waals surface area (Å²) in [6, 6.07) is 80.1. The highest BCUT2D eigenvalue weighted by atomic mass is 32.1. The fraction of sp³-hybridized carbons (Fsp3) is 0. The predicted molar refractivity (Wildman–Crippen MR) is 274 cm³/mol. The van der Waals surface area contributed by atoms with Gasteiger partial charge in [-0.1, -0.05) is 127 Å². The Morgan fingerprint density at radius 1 is 0.333 bits per heavy atom. The highest BCUT2D eigenvalue weighted by Crippen LogP contribution is 2.54. The van der Waals surface area contributed by atoms with E-state index in [1.165, 1.54) is 53.1 Å². The van der Waals surface area contributed by atoms with E-state index in [1.54, 1.807) is 0 Å². The van der Waals surface area contributed by atoms with E-state index >= 15 is 0 Å². The lowest BCUT2D eigenvalue weighted by Crippen LogP contribution is -2.15. The first kappa shape index (κ1) is 36.9. The topological polar surface area (TPSA) is 29.9 Å². The standard InChI is InChI=1S/C60H37N3O2S/c1-2-19-40(20-3-1)63-48-26-5-4-23-44(48)47-37-46(39-18-15-22-42(36-39)62-51-29-8-12-33-55(51)65-56-34-13-9-30-52(56)62)60-57(58(47)63)45-25-16-24-43(59(45)66-60)38-17-14-21-41(35-38)61-49-27-6-10-31-53(49)64-54-32-11-7-28-50(54)61/h1-37H. The quantitative estimate of drug-likeness (QED) is 0.172. The van der Waals surface area contributed by atoms with Gasteiger partial charge in [-0.2, -0.15) is 0 Å². The molecule has 0 bridgehead atoms. The van der Waals surface area contributed by atoms with E-state index in [0.29, 0.717) is 0 Å². The van der Waals surface area contributed by atoms with Crippen LogP contribution in [0.1, 0.15) is 0 Å². The van der Waals surface area contributed by atoms with Crippen molar-refractivity contribution in [2.45, 2.75) is 0 Å². The predicted octanol–water partition coefficient (Wildman–Crippen LogP) is 17.6. The zero-order chi connectivity index (χ0) is 43.3. The summed E-state index contributed by atoms with van der Waals surface area (Å²) in [6.07, 6.45) is 0. The van der Waals surface area contributed by atoms with Gasteiger partial charge in [0.2, 0.25) is 0 Å². The number of hydrogen-bond acceptors (Lipinski definition) is 5. The summed E-state index contributed by atoms with van der Waals surface area (Å²) in [7, 11) is 0. The van der Waals surface area contributed by atoms with Gasteiger partial charge >= 0.3 is 0 Å². The maximum atomic E-state index is 6.43. The molecule has 2 aromatic heterocycles. The van der Waals surface area contributed by atoms with Crippen LogP contribution in [-0.4, -0.2) is 4.57 Å². The number of anilines is 6. The highest BCUT2D eigenvalue weighted by Gasteiger charge is 2.29. The van der Waals surface area contributed by atoms with Crippen LogP contribution in [0.25, 0.3) is 69.9 Å². The Balaban J connectivity index is 1.03. The molecule has 5 nitrogen and oxygen atoms in total. The molecule has 12 aromatic rings. The van der Waals surface area contributed by atoms with Crippen molar-refractivity contribution < 1.29 is 9.47 Å². The lowest BCUT2D eigenvalue weighted by Gasteiger charge is -2.33. The fourth-order valence-electron chi connectivity index (χ4n) is 10.3. The first-order chi connectivity index (χ1) is 32.7. The normalized spacial score (nSPS) is 12.7. The first-order valence-corrected chi connectivity index (χ1v) is 23.1. The van der Waals surface area contributed by atoms with Gasteiger partial charge in [0.25, 0.3) is 0 Å². The number of benzene rings is 10. The number of thiophene rings is 1. The molecule has 0 saturated carbocycles. The summed E-state index contributed by atoms with van der Waals surface area (Å²) in [6.45, 7) is 0. The summed E-state index contributed by atoms with van der Waals surface area (Å²) >= 11 is 1.89. The monoisotopic (exact) mass is 863 g/mol. The lowest BCUT2D eigenvalue weighted by atomic mass is 9.96. The molecule has 0 N–H and O–H groups in total. The van der Waals surface area contributed by atoms with Gasteiger partial charge in [0.05, 0.1) is 33.8 Å². The largest absolute Gasteiger partial charge is 0.453 e. The third-order valence-electron chi connectivity index (χ3n) is 13.1. The fourth-order valence-corrected chi connectivity index (χ4v) is 11.7. The van der Waals surface area contributed by atoms with Crippen molar-refractivity contribution in [2.24, 2.45) is 0 Å². The molecule has 2 aliphatic rings. The van der Waals surface area contributed by atoms with Gasteiger partial charge in [-0.3, -0.25) is 0 Å². The Morgan fingerprint density at radius 2 is 0.803 bits per heavy atom. The number of para-hydroxylation sites is 10. The van der Waals surface area contributed by atoms with E-state index < -0.39 is 0 Å². The molecule has 0 atom stereocenters. The second-order valence-corrected chi connectivity index (χ2v) is 17.9. The van der Waals surface area contributed by atoms with E-state index in [1.807, 2.05) is 59.9 Å². The minimum atomic E-state index is 0.835. The maximum absolute atomic E-state index is 6.43. The van der Waals surface area contributed by atoms with Gasteiger partial charge < -0.3 is 23.8 Å². The summed E-state index contributed by atoms with van der Waals surface area (Å²) in [5.74, 6) is 3.35. The van der Waals surface area contributed by atoms with E-state index in [-0.39, 0.29) is 0 Å². The number of hydrogen-bond donors (Lipinski definition) is 0. The van der Waals surface area contributed by atoms with Crippen molar-refractivity contribution in [1.29, 1.82) is 0 Å². The molecule has 0 spiro atoms. The van der Waals surface area contributed by atoms with Crippen LogP contribution >= 0.6 is 11.3 Å². The van der Waals surface area contributed by atoms with Gasteiger partial charge in [-0.15, -0.1) is 11.3 Å². The third kappa shape index (κ3) is 5.52. The number of nitrogens with zero attached hydrogens (tertiary/aromatic N) is 3. The van der Waals surface area contributed by atoms with Crippen molar-refractivity contribution in [3.63, 3.8) is 0 Å². The van der Waals surface area contributed by atoms with Crippen molar-refractivity contribution in [3.05, 3.63) is 224 Å². The number of rotatable bonds is 5. The molecule has 14 rings (SSSR count). The average Bonchev–Trinajstić information content (AvgIpc) is 3.93. The van der Waals surface area contributed by atoms with Crippen LogP contribution < -0.4 is 19.3 Å². The zero-order valence-electron chi connectivity index (χ0n) is 35.4. The Hall–Kier alpha value is -8.58. The number of aromatic nitrogens is 1. The summed E-state index contributed by atoms with van der Waals surface area (Å²) in [4.78, 5) is 4.65. The van der Waals surface area contributed by atoms with Crippen LogP contribution in [0.15, 0.2) is 224 Å². The Kier molecular flexibility index (Phi) is 8.08. The Morgan fingerprint density at radius 3 is 1.39 bits per heavy atom. The smallest absolute Gasteiger partial charge is 0.151 e. The molecule has 0 radical (unpaired) electrons. The van der Waals surface area contributed by atoms with Gasteiger partial charge in [-0.05, 0) is 114 Å². The maximum Gasteiger partial charge on any atom is 0.151 e. The molecule has 10 aromatic carbocycles. The molecule has 0 amide bonds. The molecule has 4 heterocycles. The van der Waals surface area contributed by atoms with Crippen LogP contribution in [-0.2, 0) is 0 Å². The van der Waals surface area contributed by atoms with Crippen LogP contribution in [0.2, 0.25) is 0 Å². The SMILES string of the molecule is c1ccc(-n2c3ccccc3c3cc(-c4cccc(N5c6ccccc6Oc6ccccc65)c4)c4sc5c(-c6cccc(N7c8ccccc8Oc8ccccc87)c6)cccc5c4c32)cc1. The van der Waals surface area contributed by atoms with E-state index in [4.69, 9.17) is 9.47 Å². The molecule has 66 heavy (non-hydrogen) atoms. The van der Waals surface area contributed by atoms with E-state index in [0.717, 1.165) is 73.9 Å². The van der Waals surface area contributed by atoms with Gasteiger partial charge in [0.15, 0.2) is 23.0 Å². The summed E-state index contributed by atoms with van der Waals surface area (Å²) in [5.41, 5.74) is 14.4. The van der Waals surface area contributed by atoms with Crippen LogP contribution in [0.5, 0.6) is 23.0 Å².